The van der Waals surface area contributed by atoms with Crippen LogP contribution in [0, 0.1) is 0 Å². The number of ether oxygens (including phenoxy) is 1. The lowest BCUT2D eigenvalue weighted by Gasteiger charge is -2.06. The third-order valence-electron chi connectivity index (χ3n) is 5.24. The number of hydrogen-bond donors (Lipinski definition) is 0. The minimum Gasteiger partial charge on any atom is -0.465 e. The Bertz CT molecular complexity index is 1310. The van der Waals surface area contributed by atoms with Gasteiger partial charge in [0, 0.05) is 6.42 Å². The molecule has 34 heavy (non-hydrogen) atoms. The zero-order chi connectivity index (χ0) is 24.6. The predicted octanol–water partition coefficient (Wildman–Crippen LogP) is 4.04. The number of carbonyl (C=O) groups is 2. The number of thiazole rings is 1. The van der Waals surface area contributed by atoms with Crippen molar-refractivity contribution in [3.8, 4) is 0 Å². The molecule has 7 nitrogen and oxygen atoms in total. The standard InChI is InChI=1S/C25H30N2O5S2/c1-3-5-9-19-12-13-21-22(16-19)33-25(27(21)17-24(29)32-4-2)26-23(28)14-15-34(30,31)18-20-10-7-6-8-11-20/h6-8,10-13,16H,3-5,9,14-15,17-18H2,1-2H3. The van der Waals surface area contributed by atoms with Crippen LogP contribution in [0.25, 0.3) is 10.2 Å². The van der Waals surface area contributed by atoms with Crippen molar-refractivity contribution >= 4 is 43.3 Å². The molecule has 0 N–H and O–H groups in total. The highest BCUT2D eigenvalue weighted by molar-refractivity contribution is 7.90. The number of sulfone groups is 1. The lowest BCUT2D eigenvalue weighted by molar-refractivity contribution is -0.143. The SMILES string of the molecule is CCCCc1ccc2c(c1)sc(=NC(=O)CCS(=O)(=O)Cc1ccccc1)n2CC(=O)OCC. The zero-order valence-corrected chi connectivity index (χ0v) is 21.2. The molecular formula is C25H30N2O5S2. The second-order valence-corrected chi connectivity index (χ2v) is 11.2. The van der Waals surface area contributed by atoms with Crippen LogP contribution in [-0.4, -0.2) is 37.2 Å². The Balaban J connectivity index is 1.84. The molecule has 0 aliphatic rings. The summed E-state index contributed by atoms with van der Waals surface area (Å²) in [5.41, 5.74) is 2.66. The third kappa shape index (κ3) is 7.36. The molecule has 1 aromatic heterocycles. The van der Waals surface area contributed by atoms with Crippen molar-refractivity contribution in [2.45, 2.75) is 51.8 Å². The fourth-order valence-electron chi connectivity index (χ4n) is 3.53. The Morgan fingerprint density at radius 1 is 1.06 bits per heavy atom. The molecule has 1 heterocycles. The van der Waals surface area contributed by atoms with Crippen LogP contribution in [0.5, 0.6) is 0 Å². The smallest absolute Gasteiger partial charge is 0.326 e. The highest BCUT2D eigenvalue weighted by Crippen LogP contribution is 2.21. The Kier molecular flexibility index (Phi) is 9.18. The van der Waals surface area contributed by atoms with Crippen molar-refractivity contribution in [2.24, 2.45) is 4.99 Å². The van der Waals surface area contributed by atoms with Crippen molar-refractivity contribution in [2.75, 3.05) is 12.4 Å². The van der Waals surface area contributed by atoms with E-state index in [1.807, 2.05) is 18.2 Å². The molecule has 0 saturated heterocycles. The maximum atomic E-state index is 12.6. The summed E-state index contributed by atoms with van der Waals surface area (Å²) >= 11 is 1.31. The maximum Gasteiger partial charge on any atom is 0.326 e. The van der Waals surface area contributed by atoms with E-state index in [4.69, 9.17) is 4.74 Å². The molecule has 0 aliphatic carbocycles. The molecule has 1 amide bonds. The number of aryl methyl sites for hydroxylation is 1. The van der Waals surface area contributed by atoms with Gasteiger partial charge < -0.3 is 9.30 Å². The number of carbonyl (C=O) groups excluding carboxylic acids is 2. The van der Waals surface area contributed by atoms with Gasteiger partial charge in [0.2, 0.25) is 5.91 Å². The fourth-order valence-corrected chi connectivity index (χ4v) is 5.97. The summed E-state index contributed by atoms with van der Waals surface area (Å²) < 4.78 is 32.6. The van der Waals surface area contributed by atoms with Crippen molar-refractivity contribution in [3.63, 3.8) is 0 Å². The Morgan fingerprint density at radius 3 is 2.53 bits per heavy atom. The summed E-state index contributed by atoms with van der Waals surface area (Å²) in [5, 5.41) is 0. The summed E-state index contributed by atoms with van der Waals surface area (Å²) in [6, 6.07) is 14.9. The van der Waals surface area contributed by atoms with Gasteiger partial charge in [0.1, 0.15) is 6.54 Å². The summed E-state index contributed by atoms with van der Waals surface area (Å²) in [7, 11) is -3.46. The van der Waals surface area contributed by atoms with Crippen LogP contribution in [0.2, 0.25) is 0 Å². The number of amides is 1. The average Bonchev–Trinajstić information content (AvgIpc) is 3.13. The minimum atomic E-state index is -3.46. The van der Waals surface area contributed by atoms with Gasteiger partial charge >= 0.3 is 5.97 Å². The van der Waals surface area contributed by atoms with Gasteiger partial charge in [0.15, 0.2) is 14.6 Å². The third-order valence-corrected chi connectivity index (χ3v) is 7.88. The number of unbranched alkanes of at least 4 members (excludes halogenated alkanes) is 1. The van der Waals surface area contributed by atoms with E-state index in [1.54, 1.807) is 35.8 Å². The van der Waals surface area contributed by atoms with E-state index in [0.717, 1.165) is 29.5 Å². The van der Waals surface area contributed by atoms with Crippen molar-refractivity contribution in [3.05, 3.63) is 64.5 Å². The fraction of sp³-hybridized carbons (Fsp3) is 0.400. The van der Waals surface area contributed by atoms with Crippen LogP contribution >= 0.6 is 11.3 Å². The molecule has 2 aromatic carbocycles. The Labute approximate surface area is 204 Å². The lowest BCUT2D eigenvalue weighted by atomic mass is 10.1. The number of aromatic nitrogens is 1. The Morgan fingerprint density at radius 2 is 1.82 bits per heavy atom. The first-order valence-electron chi connectivity index (χ1n) is 11.4. The van der Waals surface area contributed by atoms with Crippen molar-refractivity contribution < 1.29 is 22.7 Å². The summed E-state index contributed by atoms with van der Waals surface area (Å²) in [6.45, 7) is 4.06. The number of nitrogens with zero attached hydrogens (tertiary/aromatic N) is 2. The van der Waals surface area contributed by atoms with Crippen LogP contribution in [0.15, 0.2) is 53.5 Å². The topological polar surface area (TPSA) is 94.8 Å². The van der Waals surface area contributed by atoms with Gasteiger partial charge in [-0.3, -0.25) is 9.59 Å². The zero-order valence-electron chi connectivity index (χ0n) is 19.5. The monoisotopic (exact) mass is 502 g/mol. The molecule has 0 saturated carbocycles. The highest BCUT2D eigenvalue weighted by Gasteiger charge is 2.16. The van der Waals surface area contributed by atoms with E-state index in [9.17, 15) is 18.0 Å². The number of esters is 1. The van der Waals surface area contributed by atoms with Gasteiger partial charge in [0.05, 0.1) is 28.3 Å². The quantitative estimate of drug-likeness (QED) is 0.369. The number of benzene rings is 2. The largest absolute Gasteiger partial charge is 0.465 e. The molecule has 0 fully saturated rings. The summed E-state index contributed by atoms with van der Waals surface area (Å²) in [5.74, 6) is -1.36. The predicted molar refractivity (Wildman–Crippen MR) is 134 cm³/mol. The van der Waals surface area contributed by atoms with E-state index < -0.39 is 21.7 Å². The van der Waals surface area contributed by atoms with E-state index in [-0.39, 0.29) is 31.1 Å². The summed E-state index contributed by atoms with van der Waals surface area (Å²) in [4.78, 5) is 29.3. The average molecular weight is 503 g/mol. The van der Waals surface area contributed by atoms with Gasteiger partial charge in [-0.25, -0.2) is 8.42 Å². The number of fused-ring (bicyclic) bond motifs is 1. The first-order chi connectivity index (χ1) is 16.3. The van der Waals surface area contributed by atoms with E-state index in [0.29, 0.717) is 10.4 Å². The number of rotatable bonds is 11. The minimum absolute atomic E-state index is 0.0689. The lowest BCUT2D eigenvalue weighted by Crippen LogP contribution is -2.23. The Hall–Kier alpha value is -2.78. The first-order valence-corrected chi connectivity index (χ1v) is 14.0. The molecular weight excluding hydrogens is 472 g/mol. The molecule has 0 aliphatic heterocycles. The number of hydrogen-bond acceptors (Lipinski definition) is 6. The molecule has 0 spiro atoms. The maximum absolute atomic E-state index is 12.6. The van der Waals surface area contributed by atoms with Gasteiger partial charge in [0.25, 0.3) is 0 Å². The van der Waals surface area contributed by atoms with Gasteiger partial charge in [-0.2, -0.15) is 4.99 Å². The van der Waals surface area contributed by atoms with E-state index in [2.05, 4.69) is 18.0 Å². The van der Waals surface area contributed by atoms with Crippen LogP contribution in [0.4, 0.5) is 0 Å². The van der Waals surface area contributed by atoms with Crippen LogP contribution < -0.4 is 4.80 Å². The molecule has 3 aromatic rings. The second kappa shape index (κ2) is 12.1. The van der Waals surface area contributed by atoms with Crippen LogP contribution in [0.3, 0.4) is 0 Å². The molecule has 182 valence electrons. The molecule has 9 heteroatoms. The van der Waals surface area contributed by atoms with Crippen LogP contribution in [-0.2, 0) is 42.9 Å². The normalized spacial score (nSPS) is 12.2. The van der Waals surface area contributed by atoms with E-state index in [1.165, 1.54) is 16.9 Å². The molecule has 0 unspecified atom stereocenters. The van der Waals surface area contributed by atoms with Gasteiger partial charge in [-0.1, -0.05) is 61.1 Å². The van der Waals surface area contributed by atoms with Crippen molar-refractivity contribution in [1.29, 1.82) is 0 Å². The highest BCUT2D eigenvalue weighted by atomic mass is 32.2. The summed E-state index contributed by atoms with van der Waals surface area (Å²) in [6.07, 6.45) is 2.90. The molecule has 0 radical (unpaired) electrons. The molecule has 0 atom stereocenters. The van der Waals surface area contributed by atoms with E-state index >= 15 is 0 Å². The van der Waals surface area contributed by atoms with Gasteiger partial charge in [-0.15, -0.1) is 0 Å². The van der Waals surface area contributed by atoms with Crippen molar-refractivity contribution in [1.82, 2.24) is 4.57 Å². The molecule has 0 bridgehead atoms. The van der Waals surface area contributed by atoms with Gasteiger partial charge in [-0.05, 0) is 43.0 Å². The van der Waals surface area contributed by atoms with Crippen LogP contribution in [0.1, 0.15) is 44.2 Å². The first kappa shape index (κ1) is 25.8. The molecule has 3 rings (SSSR count). The second-order valence-electron chi connectivity index (χ2n) is 8.01.